The molecule has 1 amide bonds. The van der Waals surface area contributed by atoms with E-state index in [9.17, 15) is 4.79 Å². The number of hydrogen-bond acceptors (Lipinski definition) is 4. The van der Waals surface area contributed by atoms with Crippen LogP contribution in [0.3, 0.4) is 0 Å². The average Bonchev–Trinajstić information content (AvgIpc) is 3.21. The van der Waals surface area contributed by atoms with Crippen LogP contribution in [0.5, 0.6) is 0 Å². The Labute approximate surface area is 158 Å². The first kappa shape index (κ1) is 18.4. The summed E-state index contributed by atoms with van der Waals surface area (Å²) in [6, 6.07) is 8.48. The summed E-state index contributed by atoms with van der Waals surface area (Å²) in [6.45, 7) is 2.00. The first-order valence-corrected chi connectivity index (χ1v) is 9.66. The summed E-state index contributed by atoms with van der Waals surface area (Å²) in [7, 11) is 0. The average molecular weight is 378 g/mol. The second-order valence-electron chi connectivity index (χ2n) is 6.97. The Morgan fingerprint density at radius 1 is 1.24 bits per heavy atom. The van der Waals surface area contributed by atoms with Crippen LogP contribution >= 0.6 is 23.7 Å². The molecule has 2 aromatic rings. The zero-order valence-electron chi connectivity index (χ0n) is 14.3. The van der Waals surface area contributed by atoms with E-state index in [2.05, 4.69) is 21.0 Å². The van der Waals surface area contributed by atoms with E-state index < -0.39 is 0 Å². The van der Waals surface area contributed by atoms with E-state index in [1.165, 1.54) is 25.7 Å². The van der Waals surface area contributed by atoms with Crippen molar-refractivity contribution in [3.8, 4) is 10.6 Å². The number of rotatable bonds is 3. The van der Waals surface area contributed by atoms with Gasteiger partial charge in [0.15, 0.2) is 0 Å². The van der Waals surface area contributed by atoms with Crippen LogP contribution in [0, 0.1) is 12.8 Å². The fraction of sp³-hybridized carbons (Fsp3) is 0.474. The molecule has 2 heterocycles. The molecule has 134 valence electrons. The van der Waals surface area contributed by atoms with Gasteiger partial charge in [-0.05, 0) is 56.4 Å². The Hall–Kier alpha value is -1.43. The number of anilines is 1. The van der Waals surface area contributed by atoms with Crippen molar-refractivity contribution >= 4 is 35.3 Å². The summed E-state index contributed by atoms with van der Waals surface area (Å²) in [5.74, 6) is 0.785. The molecule has 4 nitrogen and oxygen atoms in total. The van der Waals surface area contributed by atoms with Crippen molar-refractivity contribution in [2.45, 2.75) is 51.1 Å². The summed E-state index contributed by atoms with van der Waals surface area (Å²) in [5, 5.41) is 9.66. The van der Waals surface area contributed by atoms with Crippen LogP contribution in [-0.4, -0.2) is 23.0 Å². The number of fused-ring (bicyclic) bond motifs is 1. The van der Waals surface area contributed by atoms with Crippen LogP contribution < -0.4 is 10.6 Å². The standard InChI is InChI=1S/C19H23N3OS.ClH/c1-12-11-24-19(20-12)13-6-8-15(9-7-13)21-18(23)17-10-14-4-2-3-5-16(14)22-17;/h6-9,11,14,16-17,22H,2-5,10H2,1H3,(H,21,23);1H. The lowest BCUT2D eigenvalue weighted by Crippen LogP contribution is -2.39. The molecule has 25 heavy (non-hydrogen) atoms. The third-order valence-electron chi connectivity index (χ3n) is 5.20. The van der Waals surface area contributed by atoms with Crippen molar-refractivity contribution in [1.29, 1.82) is 0 Å². The second kappa shape index (κ2) is 7.85. The number of thiazole rings is 1. The molecule has 1 aliphatic heterocycles. The lowest BCUT2D eigenvalue weighted by atomic mass is 9.85. The molecular weight excluding hydrogens is 354 g/mol. The van der Waals surface area contributed by atoms with Crippen molar-refractivity contribution in [2.75, 3.05) is 5.32 Å². The summed E-state index contributed by atoms with van der Waals surface area (Å²) >= 11 is 1.65. The monoisotopic (exact) mass is 377 g/mol. The van der Waals surface area contributed by atoms with E-state index in [-0.39, 0.29) is 24.4 Å². The molecule has 0 radical (unpaired) electrons. The number of aryl methyl sites for hydroxylation is 1. The molecule has 1 aromatic heterocycles. The van der Waals surface area contributed by atoms with Gasteiger partial charge in [0.2, 0.25) is 5.91 Å². The van der Waals surface area contributed by atoms with E-state index in [1.54, 1.807) is 11.3 Å². The predicted octanol–water partition coefficient (Wildman–Crippen LogP) is 4.40. The Morgan fingerprint density at radius 3 is 2.68 bits per heavy atom. The Morgan fingerprint density at radius 2 is 2.00 bits per heavy atom. The van der Waals surface area contributed by atoms with Gasteiger partial charge in [-0.1, -0.05) is 12.8 Å². The summed E-state index contributed by atoms with van der Waals surface area (Å²) < 4.78 is 0. The minimum absolute atomic E-state index is 0. The Kier molecular flexibility index (Phi) is 5.77. The topological polar surface area (TPSA) is 54.0 Å². The Bertz CT molecular complexity index is 717. The molecule has 2 aliphatic rings. The maximum atomic E-state index is 12.5. The molecule has 2 fully saturated rings. The largest absolute Gasteiger partial charge is 0.325 e. The second-order valence-corrected chi connectivity index (χ2v) is 7.82. The van der Waals surface area contributed by atoms with Crippen LogP contribution in [-0.2, 0) is 4.79 Å². The van der Waals surface area contributed by atoms with Gasteiger partial charge in [-0.15, -0.1) is 23.7 Å². The SMILES string of the molecule is Cc1csc(-c2ccc(NC(=O)C3CC4CCCCC4N3)cc2)n1.Cl. The maximum Gasteiger partial charge on any atom is 0.241 e. The number of nitrogens with one attached hydrogen (secondary N) is 2. The first-order chi connectivity index (χ1) is 11.7. The van der Waals surface area contributed by atoms with E-state index in [4.69, 9.17) is 0 Å². The number of halogens is 1. The highest BCUT2D eigenvalue weighted by atomic mass is 35.5. The number of aromatic nitrogens is 1. The van der Waals surface area contributed by atoms with Gasteiger partial charge in [-0.2, -0.15) is 0 Å². The fourth-order valence-electron chi connectivity index (χ4n) is 3.93. The van der Waals surface area contributed by atoms with Crippen molar-refractivity contribution in [2.24, 2.45) is 5.92 Å². The van der Waals surface area contributed by atoms with Crippen molar-refractivity contribution < 1.29 is 4.79 Å². The first-order valence-electron chi connectivity index (χ1n) is 8.78. The quantitative estimate of drug-likeness (QED) is 0.833. The van der Waals surface area contributed by atoms with Gasteiger partial charge < -0.3 is 10.6 Å². The van der Waals surface area contributed by atoms with E-state index in [0.29, 0.717) is 12.0 Å². The third kappa shape index (κ3) is 4.05. The number of benzene rings is 1. The maximum absolute atomic E-state index is 12.5. The van der Waals surface area contributed by atoms with Gasteiger partial charge in [0.25, 0.3) is 0 Å². The lowest BCUT2D eigenvalue weighted by Gasteiger charge is -2.24. The molecule has 0 bridgehead atoms. The van der Waals surface area contributed by atoms with Crippen molar-refractivity contribution in [1.82, 2.24) is 10.3 Å². The number of nitrogens with zero attached hydrogens (tertiary/aromatic N) is 1. The van der Waals surface area contributed by atoms with Crippen LogP contribution in [0.2, 0.25) is 0 Å². The molecule has 3 unspecified atom stereocenters. The molecule has 1 saturated heterocycles. The summed E-state index contributed by atoms with van der Waals surface area (Å²) in [5.41, 5.74) is 2.99. The van der Waals surface area contributed by atoms with E-state index in [1.807, 2.05) is 31.2 Å². The zero-order chi connectivity index (χ0) is 16.5. The fourth-order valence-corrected chi connectivity index (χ4v) is 4.74. The highest BCUT2D eigenvalue weighted by molar-refractivity contribution is 7.13. The molecule has 3 atom stereocenters. The highest BCUT2D eigenvalue weighted by Gasteiger charge is 2.38. The molecule has 0 spiro atoms. The number of hydrogen-bond donors (Lipinski definition) is 2. The molecule has 1 aliphatic carbocycles. The van der Waals surface area contributed by atoms with Crippen molar-refractivity contribution in [3.63, 3.8) is 0 Å². The number of amides is 1. The van der Waals surface area contributed by atoms with Crippen LogP contribution in [0.25, 0.3) is 10.6 Å². The smallest absolute Gasteiger partial charge is 0.241 e. The Balaban J connectivity index is 0.00000182. The highest BCUT2D eigenvalue weighted by Crippen LogP contribution is 2.33. The van der Waals surface area contributed by atoms with Gasteiger partial charge in [-0.25, -0.2) is 4.98 Å². The van der Waals surface area contributed by atoms with Crippen LogP contribution in [0.1, 0.15) is 37.8 Å². The van der Waals surface area contributed by atoms with Crippen LogP contribution in [0.4, 0.5) is 5.69 Å². The van der Waals surface area contributed by atoms with Crippen molar-refractivity contribution in [3.05, 3.63) is 35.3 Å². The van der Waals surface area contributed by atoms with Crippen LogP contribution in [0.15, 0.2) is 29.6 Å². The molecule has 2 N–H and O–H groups in total. The molecule has 1 aromatic carbocycles. The van der Waals surface area contributed by atoms with E-state index >= 15 is 0 Å². The summed E-state index contributed by atoms with van der Waals surface area (Å²) in [6.07, 6.45) is 6.07. The zero-order valence-corrected chi connectivity index (χ0v) is 16.0. The van der Waals surface area contributed by atoms with Gasteiger partial charge in [0, 0.05) is 28.4 Å². The summed E-state index contributed by atoms with van der Waals surface area (Å²) in [4.78, 5) is 17.0. The molecule has 1 saturated carbocycles. The number of carbonyl (C=O) groups is 1. The van der Waals surface area contributed by atoms with E-state index in [0.717, 1.165) is 28.4 Å². The minimum atomic E-state index is -0.0422. The van der Waals surface area contributed by atoms with Gasteiger partial charge in [0.1, 0.15) is 5.01 Å². The van der Waals surface area contributed by atoms with Gasteiger partial charge >= 0.3 is 0 Å². The predicted molar refractivity (Wildman–Crippen MR) is 105 cm³/mol. The number of carbonyl (C=O) groups excluding carboxylic acids is 1. The third-order valence-corrected chi connectivity index (χ3v) is 6.21. The van der Waals surface area contributed by atoms with Gasteiger partial charge in [0.05, 0.1) is 6.04 Å². The molecule has 6 heteroatoms. The normalized spacial score (nSPS) is 25.1. The van der Waals surface area contributed by atoms with Gasteiger partial charge in [-0.3, -0.25) is 4.79 Å². The lowest BCUT2D eigenvalue weighted by molar-refractivity contribution is -0.117. The molecule has 4 rings (SSSR count). The minimum Gasteiger partial charge on any atom is -0.325 e. The molecular formula is C19H24ClN3OS.